The van der Waals surface area contributed by atoms with Gasteiger partial charge in [-0.05, 0) is 60.3 Å². The molecule has 3 rings (SSSR count). The molecular weight excluding hydrogens is 322 g/mol. The van der Waals surface area contributed by atoms with Crippen molar-refractivity contribution in [3.05, 3.63) is 22.2 Å². The second kappa shape index (κ2) is 5.54. The fourth-order valence-electron chi connectivity index (χ4n) is 2.79. The fraction of sp³-hybridized carbons (Fsp3) is 0.600. The molecule has 2 heterocycles. The molecule has 110 valence electrons. The molecule has 1 saturated heterocycles. The highest BCUT2D eigenvalue weighted by atomic mass is 79.9. The molecule has 2 aliphatic heterocycles. The Morgan fingerprint density at radius 2 is 2.20 bits per heavy atom. The minimum absolute atomic E-state index is 0.0224. The quantitative estimate of drug-likeness (QED) is 0.916. The number of hydrogen-bond donors (Lipinski definition) is 1. The van der Waals surface area contributed by atoms with Crippen molar-refractivity contribution >= 4 is 15.9 Å². The molecule has 1 fully saturated rings. The fourth-order valence-corrected chi connectivity index (χ4v) is 3.39. The van der Waals surface area contributed by atoms with Gasteiger partial charge < -0.3 is 19.5 Å². The molecule has 0 radical (unpaired) electrons. The van der Waals surface area contributed by atoms with E-state index in [1.165, 1.54) is 5.56 Å². The molecule has 0 saturated carbocycles. The van der Waals surface area contributed by atoms with E-state index in [9.17, 15) is 0 Å². The number of halogens is 1. The third-order valence-corrected chi connectivity index (χ3v) is 4.37. The molecule has 0 bridgehead atoms. The Hall–Kier alpha value is -0.780. The summed E-state index contributed by atoms with van der Waals surface area (Å²) >= 11 is 3.53. The van der Waals surface area contributed by atoms with Crippen LogP contribution in [0.5, 0.6) is 11.5 Å². The first-order chi connectivity index (χ1) is 9.53. The Bertz CT molecular complexity index is 504. The molecule has 4 nitrogen and oxygen atoms in total. The van der Waals surface area contributed by atoms with E-state index >= 15 is 0 Å². The Kier molecular flexibility index (Phi) is 3.93. The van der Waals surface area contributed by atoms with Gasteiger partial charge >= 0.3 is 0 Å². The van der Waals surface area contributed by atoms with Crippen LogP contribution >= 0.6 is 15.9 Å². The Morgan fingerprint density at radius 3 is 3.00 bits per heavy atom. The largest absolute Gasteiger partial charge is 0.454 e. The third kappa shape index (κ3) is 3.10. The molecular formula is C15H20BrNO3. The molecule has 1 aromatic rings. The van der Waals surface area contributed by atoms with Gasteiger partial charge in [-0.2, -0.15) is 0 Å². The van der Waals surface area contributed by atoms with Crippen molar-refractivity contribution in [2.75, 3.05) is 13.4 Å². The summed E-state index contributed by atoms with van der Waals surface area (Å²) in [7, 11) is 0. The molecule has 1 atom stereocenters. The Morgan fingerprint density at radius 1 is 1.35 bits per heavy atom. The van der Waals surface area contributed by atoms with E-state index in [0.717, 1.165) is 42.0 Å². The standard InChI is InChI=1S/C15H20BrNO3/c1-15(2)7-11(3-4-20-15)17-8-10-5-12(16)14-13(6-10)18-9-19-14/h5-6,11,17H,3-4,7-9H2,1-2H3. The molecule has 20 heavy (non-hydrogen) atoms. The van der Waals surface area contributed by atoms with Crippen LogP contribution in [0.15, 0.2) is 16.6 Å². The number of nitrogens with one attached hydrogen (secondary N) is 1. The van der Waals surface area contributed by atoms with Gasteiger partial charge in [0.05, 0.1) is 10.1 Å². The number of hydrogen-bond acceptors (Lipinski definition) is 4. The monoisotopic (exact) mass is 341 g/mol. The zero-order valence-corrected chi connectivity index (χ0v) is 13.5. The van der Waals surface area contributed by atoms with Crippen LogP contribution in [0.4, 0.5) is 0 Å². The van der Waals surface area contributed by atoms with E-state index in [1.807, 2.05) is 6.07 Å². The van der Waals surface area contributed by atoms with Crippen LogP contribution in [0.1, 0.15) is 32.3 Å². The normalized spacial score (nSPS) is 23.9. The van der Waals surface area contributed by atoms with E-state index in [0.29, 0.717) is 12.8 Å². The number of rotatable bonds is 3. The molecule has 1 unspecified atom stereocenters. The number of fused-ring (bicyclic) bond motifs is 1. The first-order valence-electron chi connectivity index (χ1n) is 6.99. The third-order valence-electron chi connectivity index (χ3n) is 3.78. The lowest BCUT2D eigenvalue weighted by atomic mass is 9.94. The summed E-state index contributed by atoms with van der Waals surface area (Å²) in [6.07, 6.45) is 2.11. The van der Waals surface area contributed by atoms with Crippen LogP contribution in [-0.2, 0) is 11.3 Å². The zero-order valence-electron chi connectivity index (χ0n) is 11.9. The minimum atomic E-state index is -0.0224. The smallest absolute Gasteiger partial charge is 0.231 e. The lowest BCUT2D eigenvalue weighted by Gasteiger charge is -2.36. The zero-order chi connectivity index (χ0) is 14.2. The molecule has 1 N–H and O–H groups in total. The summed E-state index contributed by atoms with van der Waals surface area (Å²) < 4.78 is 17.5. The predicted octanol–water partition coefficient (Wildman–Crippen LogP) is 3.23. The van der Waals surface area contributed by atoms with Crippen LogP contribution in [0.25, 0.3) is 0 Å². The Balaban J connectivity index is 1.63. The maximum absolute atomic E-state index is 5.74. The van der Waals surface area contributed by atoms with Gasteiger partial charge in [-0.3, -0.25) is 0 Å². The molecule has 0 aliphatic carbocycles. The molecule has 0 spiro atoms. The maximum Gasteiger partial charge on any atom is 0.231 e. The minimum Gasteiger partial charge on any atom is -0.454 e. The average Bonchev–Trinajstić information content (AvgIpc) is 2.84. The lowest BCUT2D eigenvalue weighted by Crippen LogP contribution is -2.43. The summed E-state index contributed by atoms with van der Waals surface area (Å²) in [5.74, 6) is 1.63. The van der Waals surface area contributed by atoms with Crippen LogP contribution in [0.2, 0.25) is 0 Å². The van der Waals surface area contributed by atoms with Gasteiger partial charge in [0, 0.05) is 19.2 Å². The SMILES string of the molecule is CC1(C)CC(NCc2cc(Br)c3c(c2)OCO3)CCO1. The van der Waals surface area contributed by atoms with Gasteiger partial charge in [0.1, 0.15) is 0 Å². The van der Waals surface area contributed by atoms with Crippen molar-refractivity contribution in [2.24, 2.45) is 0 Å². The first-order valence-corrected chi connectivity index (χ1v) is 7.78. The second-order valence-corrected chi connectivity index (χ2v) is 6.84. The molecule has 0 amide bonds. The van der Waals surface area contributed by atoms with Gasteiger partial charge in [0.25, 0.3) is 0 Å². The molecule has 2 aliphatic rings. The molecule has 5 heteroatoms. The van der Waals surface area contributed by atoms with Crippen LogP contribution < -0.4 is 14.8 Å². The maximum atomic E-state index is 5.74. The number of ether oxygens (including phenoxy) is 3. The van der Waals surface area contributed by atoms with Crippen molar-refractivity contribution < 1.29 is 14.2 Å². The lowest BCUT2D eigenvalue weighted by molar-refractivity contribution is -0.0630. The van der Waals surface area contributed by atoms with Crippen molar-refractivity contribution in [2.45, 2.75) is 44.9 Å². The van der Waals surface area contributed by atoms with E-state index in [-0.39, 0.29) is 5.60 Å². The molecule has 0 aromatic heterocycles. The van der Waals surface area contributed by atoms with Crippen LogP contribution in [-0.4, -0.2) is 25.0 Å². The van der Waals surface area contributed by atoms with Crippen molar-refractivity contribution in [1.29, 1.82) is 0 Å². The summed E-state index contributed by atoms with van der Waals surface area (Å²) in [6.45, 7) is 6.26. The summed E-state index contributed by atoms with van der Waals surface area (Å²) in [6, 6.07) is 4.64. The summed E-state index contributed by atoms with van der Waals surface area (Å²) in [5.41, 5.74) is 1.18. The van der Waals surface area contributed by atoms with E-state index < -0.39 is 0 Å². The van der Waals surface area contributed by atoms with E-state index in [2.05, 4.69) is 41.2 Å². The second-order valence-electron chi connectivity index (χ2n) is 5.99. The van der Waals surface area contributed by atoms with E-state index in [4.69, 9.17) is 14.2 Å². The topological polar surface area (TPSA) is 39.7 Å². The first kappa shape index (κ1) is 14.2. The predicted molar refractivity (Wildman–Crippen MR) is 80.2 cm³/mol. The Labute approximate surface area is 127 Å². The highest BCUT2D eigenvalue weighted by molar-refractivity contribution is 9.10. The van der Waals surface area contributed by atoms with Gasteiger partial charge in [-0.15, -0.1) is 0 Å². The highest BCUT2D eigenvalue weighted by Gasteiger charge is 2.28. The van der Waals surface area contributed by atoms with Crippen molar-refractivity contribution in [1.82, 2.24) is 5.32 Å². The molecule has 1 aromatic carbocycles. The van der Waals surface area contributed by atoms with Gasteiger partial charge in [-0.1, -0.05) is 0 Å². The number of benzene rings is 1. The highest BCUT2D eigenvalue weighted by Crippen LogP contribution is 2.40. The average molecular weight is 342 g/mol. The van der Waals surface area contributed by atoms with Gasteiger partial charge in [-0.25, -0.2) is 0 Å². The summed E-state index contributed by atoms with van der Waals surface area (Å²) in [4.78, 5) is 0. The van der Waals surface area contributed by atoms with E-state index in [1.54, 1.807) is 0 Å². The van der Waals surface area contributed by atoms with Crippen LogP contribution in [0.3, 0.4) is 0 Å². The van der Waals surface area contributed by atoms with Crippen molar-refractivity contribution in [3.63, 3.8) is 0 Å². The summed E-state index contributed by atoms with van der Waals surface area (Å²) in [5, 5.41) is 3.61. The van der Waals surface area contributed by atoms with Gasteiger partial charge in [0.2, 0.25) is 6.79 Å². The van der Waals surface area contributed by atoms with Crippen LogP contribution in [0, 0.1) is 0 Å². The van der Waals surface area contributed by atoms with Gasteiger partial charge in [0.15, 0.2) is 11.5 Å². The van der Waals surface area contributed by atoms with Crippen molar-refractivity contribution in [3.8, 4) is 11.5 Å².